The first kappa shape index (κ1) is 14.6. The Morgan fingerprint density at radius 1 is 1.40 bits per heavy atom. The van der Waals surface area contributed by atoms with Gasteiger partial charge in [0.05, 0.1) is 0 Å². The molecule has 1 N–H and O–H groups in total. The van der Waals surface area contributed by atoms with Crippen molar-refractivity contribution in [2.45, 2.75) is 6.61 Å². The van der Waals surface area contributed by atoms with E-state index < -0.39 is 0 Å². The summed E-state index contributed by atoms with van der Waals surface area (Å²) in [6.45, 7) is 0.383. The normalized spacial score (nSPS) is 10.9. The van der Waals surface area contributed by atoms with Gasteiger partial charge >= 0.3 is 0 Å². The van der Waals surface area contributed by atoms with Crippen LogP contribution in [0.5, 0.6) is 0 Å². The number of rotatable bonds is 5. The average Bonchev–Trinajstić information content (AvgIpc) is 2.86. The molecule has 2 rings (SSSR count). The molecule has 0 bridgehead atoms. The summed E-state index contributed by atoms with van der Waals surface area (Å²) in [5, 5.41) is 12.2. The molecule has 2 aromatic rings. The van der Waals surface area contributed by atoms with Crippen molar-refractivity contribution in [3.63, 3.8) is 0 Å². The molecule has 0 aliphatic carbocycles. The maximum absolute atomic E-state index is 11.7. The minimum absolute atomic E-state index is 0.264. The number of hydrogen-bond donors (Lipinski definition) is 1. The highest BCUT2D eigenvalue weighted by Crippen LogP contribution is 2.16. The van der Waals surface area contributed by atoms with Crippen LogP contribution in [-0.2, 0) is 16.1 Å². The van der Waals surface area contributed by atoms with Crippen molar-refractivity contribution >= 4 is 40.1 Å². The number of benzene rings is 1. The first-order valence-corrected chi connectivity index (χ1v) is 6.93. The summed E-state index contributed by atoms with van der Waals surface area (Å²) in [7, 11) is 1.58. The highest BCUT2D eigenvalue weighted by molar-refractivity contribution is 7.15. The van der Waals surface area contributed by atoms with Crippen molar-refractivity contribution < 1.29 is 9.53 Å². The zero-order valence-corrected chi connectivity index (χ0v) is 12.2. The Bertz CT molecular complexity index is 610. The number of aromatic nitrogens is 2. The summed E-state index contributed by atoms with van der Waals surface area (Å²) in [4.78, 5) is 11.7. The molecule has 1 heterocycles. The van der Waals surface area contributed by atoms with E-state index in [2.05, 4.69) is 15.5 Å². The summed E-state index contributed by atoms with van der Waals surface area (Å²) in [6.07, 6.45) is 3.13. The van der Waals surface area contributed by atoms with Crippen LogP contribution in [0.4, 0.5) is 5.13 Å². The molecule has 7 heteroatoms. The van der Waals surface area contributed by atoms with Crippen molar-refractivity contribution in [1.29, 1.82) is 0 Å². The number of nitrogens with zero attached hydrogens (tertiary/aromatic N) is 2. The van der Waals surface area contributed by atoms with Crippen LogP contribution in [-0.4, -0.2) is 23.2 Å². The van der Waals surface area contributed by atoms with Gasteiger partial charge in [0.2, 0.25) is 11.0 Å². The third kappa shape index (κ3) is 4.41. The molecule has 1 aromatic carbocycles. The Labute approximate surface area is 125 Å². The lowest BCUT2D eigenvalue weighted by Crippen LogP contribution is -2.07. The van der Waals surface area contributed by atoms with E-state index in [0.717, 1.165) is 5.56 Å². The average molecular weight is 310 g/mol. The lowest BCUT2D eigenvalue weighted by molar-refractivity contribution is -0.111. The van der Waals surface area contributed by atoms with Gasteiger partial charge in [-0.25, -0.2) is 0 Å². The number of ether oxygens (including phenoxy) is 1. The van der Waals surface area contributed by atoms with Gasteiger partial charge in [-0.15, -0.1) is 10.2 Å². The Morgan fingerprint density at radius 3 is 2.85 bits per heavy atom. The summed E-state index contributed by atoms with van der Waals surface area (Å²) < 4.78 is 4.93. The predicted molar refractivity (Wildman–Crippen MR) is 79.7 cm³/mol. The molecular formula is C13H12ClN3O2S. The number of carbonyl (C=O) groups is 1. The number of nitrogens with one attached hydrogen (secondary N) is 1. The molecule has 1 amide bonds. The van der Waals surface area contributed by atoms with Crippen LogP contribution in [0, 0.1) is 0 Å². The molecule has 20 heavy (non-hydrogen) atoms. The fourth-order valence-electron chi connectivity index (χ4n) is 1.38. The van der Waals surface area contributed by atoms with Gasteiger partial charge in [0.15, 0.2) is 0 Å². The largest absolute Gasteiger partial charge is 0.377 e. The molecule has 0 atom stereocenters. The molecule has 0 spiro atoms. The van der Waals surface area contributed by atoms with Gasteiger partial charge in [-0.3, -0.25) is 10.1 Å². The molecule has 0 saturated heterocycles. The van der Waals surface area contributed by atoms with Gasteiger partial charge in [-0.1, -0.05) is 35.1 Å². The van der Waals surface area contributed by atoms with Crippen molar-refractivity contribution in [3.05, 3.63) is 45.9 Å². The fraction of sp³-hybridized carbons (Fsp3) is 0.154. The van der Waals surface area contributed by atoms with Crippen molar-refractivity contribution in [2.75, 3.05) is 12.4 Å². The molecule has 0 aliphatic heterocycles. The molecular weight excluding hydrogens is 298 g/mol. The van der Waals surface area contributed by atoms with Gasteiger partial charge in [-0.2, -0.15) is 0 Å². The predicted octanol–water partition coefficient (Wildman–Crippen LogP) is 2.99. The molecule has 0 aliphatic rings. The molecule has 0 unspecified atom stereocenters. The van der Waals surface area contributed by atoms with Crippen LogP contribution in [0.3, 0.4) is 0 Å². The molecule has 1 aromatic heterocycles. The van der Waals surface area contributed by atoms with Gasteiger partial charge < -0.3 is 4.74 Å². The molecule has 104 valence electrons. The lowest BCUT2D eigenvalue weighted by atomic mass is 10.2. The Morgan fingerprint density at radius 2 is 2.15 bits per heavy atom. The highest BCUT2D eigenvalue weighted by Gasteiger charge is 2.05. The number of methoxy groups -OCH3 is 1. The van der Waals surface area contributed by atoms with E-state index in [-0.39, 0.29) is 5.91 Å². The van der Waals surface area contributed by atoms with E-state index in [1.807, 2.05) is 12.1 Å². The van der Waals surface area contributed by atoms with E-state index in [1.165, 1.54) is 17.4 Å². The van der Waals surface area contributed by atoms with Crippen LogP contribution in [0.25, 0.3) is 6.08 Å². The number of halogens is 1. The highest BCUT2D eigenvalue weighted by atomic mass is 35.5. The van der Waals surface area contributed by atoms with Crippen LogP contribution in [0.2, 0.25) is 5.02 Å². The molecule has 5 nitrogen and oxygen atoms in total. The van der Waals surface area contributed by atoms with Gasteiger partial charge in [0, 0.05) is 18.2 Å². The standard InChI is InChI=1S/C13H12ClN3O2S/c1-19-8-12-16-17-13(20-12)15-11(18)7-4-9-2-5-10(14)6-3-9/h2-7H,8H2,1H3,(H,15,17,18)/b7-4+. The quantitative estimate of drug-likeness (QED) is 0.862. The van der Waals surface area contributed by atoms with Gasteiger partial charge in [0.1, 0.15) is 11.6 Å². The monoisotopic (exact) mass is 309 g/mol. The second kappa shape index (κ2) is 7.14. The molecule has 0 radical (unpaired) electrons. The van der Waals surface area contributed by atoms with Crippen molar-refractivity contribution in [2.24, 2.45) is 0 Å². The van der Waals surface area contributed by atoms with E-state index in [4.69, 9.17) is 16.3 Å². The summed E-state index contributed by atoms with van der Waals surface area (Å²) in [6, 6.07) is 7.18. The van der Waals surface area contributed by atoms with Crippen molar-refractivity contribution in [3.8, 4) is 0 Å². The lowest BCUT2D eigenvalue weighted by Gasteiger charge is -1.95. The minimum atomic E-state index is -0.264. The van der Waals surface area contributed by atoms with Gasteiger partial charge in [-0.05, 0) is 23.8 Å². The molecule has 0 saturated carbocycles. The van der Waals surface area contributed by atoms with Crippen LogP contribution in [0.15, 0.2) is 30.3 Å². The first-order chi connectivity index (χ1) is 9.67. The van der Waals surface area contributed by atoms with E-state index in [0.29, 0.717) is 21.8 Å². The third-order valence-corrected chi connectivity index (χ3v) is 3.33. The maximum Gasteiger partial charge on any atom is 0.250 e. The Hall–Kier alpha value is -1.76. The number of carbonyl (C=O) groups excluding carboxylic acids is 1. The SMILES string of the molecule is COCc1nnc(NC(=O)/C=C/c2ccc(Cl)cc2)s1. The molecule has 0 fully saturated rings. The topological polar surface area (TPSA) is 64.1 Å². The van der Waals surface area contributed by atoms with Gasteiger partial charge in [0.25, 0.3) is 0 Å². The fourth-order valence-corrected chi connectivity index (χ4v) is 2.22. The number of anilines is 1. The van der Waals surface area contributed by atoms with Crippen LogP contribution >= 0.6 is 22.9 Å². The van der Waals surface area contributed by atoms with Crippen LogP contribution in [0.1, 0.15) is 10.6 Å². The zero-order valence-electron chi connectivity index (χ0n) is 10.7. The Balaban J connectivity index is 1.92. The second-order valence-electron chi connectivity index (χ2n) is 3.81. The first-order valence-electron chi connectivity index (χ1n) is 5.73. The second-order valence-corrected chi connectivity index (χ2v) is 5.31. The summed E-state index contributed by atoms with van der Waals surface area (Å²) in [5.74, 6) is -0.264. The van der Waals surface area contributed by atoms with E-state index >= 15 is 0 Å². The third-order valence-electron chi connectivity index (χ3n) is 2.26. The van der Waals surface area contributed by atoms with Crippen molar-refractivity contribution in [1.82, 2.24) is 10.2 Å². The maximum atomic E-state index is 11.7. The zero-order chi connectivity index (χ0) is 14.4. The number of hydrogen-bond acceptors (Lipinski definition) is 5. The van der Waals surface area contributed by atoms with E-state index in [9.17, 15) is 4.79 Å². The minimum Gasteiger partial charge on any atom is -0.377 e. The van der Waals surface area contributed by atoms with Crippen LogP contribution < -0.4 is 5.32 Å². The Kier molecular flexibility index (Phi) is 5.23. The smallest absolute Gasteiger partial charge is 0.250 e. The number of amides is 1. The van der Waals surface area contributed by atoms with E-state index in [1.54, 1.807) is 25.3 Å². The summed E-state index contributed by atoms with van der Waals surface area (Å²) in [5.41, 5.74) is 0.891. The summed E-state index contributed by atoms with van der Waals surface area (Å²) >= 11 is 7.06.